The van der Waals surface area contributed by atoms with E-state index in [1.54, 1.807) is 0 Å². The molecule has 1 atom stereocenters. The van der Waals surface area contributed by atoms with Gasteiger partial charge in [-0.3, -0.25) is 0 Å². The van der Waals surface area contributed by atoms with Crippen LogP contribution >= 0.6 is 0 Å². The van der Waals surface area contributed by atoms with E-state index < -0.39 is 0 Å². The SMILES string of the molecule is Cc1cc(N2CCCCCC2CN)nc(C(C)C)n1. The van der Waals surface area contributed by atoms with Crippen LogP contribution in [0.5, 0.6) is 0 Å². The molecule has 106 valence electrons. The van der Waals surface area contributed by atoms with Crippen molar-refractivity contribution in [2.75, 3.05) is 18.0 Å². The van der Waals surface area contributed by atoms with Gasteiger partial charge in [-0.05, 0) is 19.8 Å². The highest BCUT2D eigenvalue weighted by molar-refractivity contribution is 5.41. The first-order chi connectivity index (χ1) is 9.11. The van der Waals surface area contributed by atoms with Crippen LogP contribution in [0, 0.1) is 6.92 Å². The zero-order valence-corrected chi connectivity index (χ0v) is 12.4. The predicted octanol–water partition coefficient (Wildman–Crippen LogP) is 2.62. The van der Waals surface area contributed by atoms with Crippen LogP contribution in [0.3, 0.4) is 0 Å². The molecule has 2 N–H and O–H groups in total. The van der Waals surface area contributed by atoms with Gasteiger partial charge in [0, 0.05) is 36.8 Å². The third-order valence-electron chi connectivity index (χ3n) is 3.82. The fraction of sp³-hybridized carbons (Fsp3) is 0.733. The fourth-order valence-electron chi connectivity index (χ4n) is 2.70. The van der Waals surface area contributed by atoms with Crippen molar-refractivity contribution < 1.29 is 0 Å². The average molecular weight is 262 g/mol. The molecule has 1 fully saturated rings. The van der Waals surface area contributed by atoms with Crippen molar-refractivity contribution in [3.8, 4) is 0 Å². The maximum atomic E-state index is 5.95. The molecule has 1 aromatic rings. The molecule has 19 heavy (non-hydrogen) atoms. The molecule has 0 spiro atoms. The average Bonchev–Trinajstić information content (AvgIpc) is 2.62. The van der Waals surface area contributed by atoms with E-state index in [1.807, 2.05) is 6.92 Å². The Hall–Kier alpha value is -1.16. The second-order valence-corrected chi connectivity index (χ2v) is 5.81. The Morgan fingerprint density at radius 2 is 2.11 bits per heavy atom. The van der Waals surface area contributed by atoms with Crippen LogP contribution in [0.15, 0.2) is 6.07 Å². The highest BCUT2D eigenvalue weighted by Crippen LogP contribution is 2.24. The molecule has 0 aliphatic carbocycles. The lowest BCUT2D eigenvalue weighted by molar-refractivity contribution is 0.573. The summed E-state index contributed by atoms with van der Waals surface area (Å²) in [5.74, 6) is 2.37. The molecule has 2 heterocycles. The first-order valence-electron chi connectivity index (χ1n) is 7.44. The van der Waals surface area contributed by atoms with Crippen molar-refractivity contribution in [1.29, 1.82) is 0 Å². The Morgan fingerprint density at radius 3 is 2.79 bits per heavy atom. The summed E-state index contributed by atoms with van der Waals surface area (Å²) < 4.78 is 0. The van der Waals surface area contributed by atoms with Gasteiger partial charge in [0.15, 0.2) is 0 Å². The zero-order chi connectivity index (χ0) is 13.8. The summed E-state index contributed by atoms with van der Waals surface area (Å²) in [4.78, 5) is 11.7. The molecular weight excluding hydrogens is 236 g/mol. The normalized spacial score (nSPS) is 20.7. The number of nitrogens with zero attached hydrogens (tertiary/aromatic N) is 3. The van der Waals surface area contributed by atoms with E-state index in [9.17, 15) is 0 Å². The van der Waals surface area contributed by atoms with Crippen molar-refractivity contribution in [2.45, 2.75) is 58.4 Å². The molecule has 1 aromatic heterocycles. The van der Waals surface area contributed by atoms with Crippen LogP contribution < -0.4 is 10.6 Å². The molecule has 0 radical (unpaired) electrons. The van der Waals surface area contributed by atoms with E-state index in [0.717, 1.165) is 23.9 Å². The zero-order valence-electron chi connectivity index (χ0n) is 12.4. The Labute approximate surface area is 116 Å². The first-order valence-corrected chi connectivity index (χ1v) is 7.44. The topological polar surface area (TPSA) is 55.0 Å². The summed E-state index contributed by atoms with van der Waals surface area (Å²) in [5, 5.41) is 0. The molecule has 1 aliphatic rings. The van der Waals surface area contributed by atoms with Crippen molar-refractivity contribution in [1.82, 2.24) is 9.97 Å². The Morgan fingerprint density at radius 1 is 1.32 bits per heavy atom. The number of hydrogen-bond acceptors (Lipinski definition) is 4. The fourth-order valence-corrected chi connectivity index (χ4v) is 2.70. The molecule has 0 amide bonds. The van der Waals surface area contributed by atoms with E-state index in [1.165, 1.54) is 25.7 Å². The molecule has 4 nitrogen and oxygen atoms in total. The van der Waals surface area contributed by atoms with Crippen LogP contribution in [0.4, 0.5) is 5.82 Å². The minimum Gasteiger partial charge on any atom is -0.352 e. The van der Waals surface area contributed by atoms with Crippen LogP contribution in [-0.2, 0) is 0 Å². The van der Waals surface area contributed by atoms with Crippen LogP contribution in [0.1, 0.15) is 57.0 Å². The molecule has 0 saturated carbocycles. The molecule has 0 bridgehead atoms. The van der Waals surface area contributed by atoms with Gasteiger partial charge >= 0.3 is 0 Å². The highest BCUT2D eigenvalue weighted by atomic mass is 15.2. The first kappa shape index (κ1) is 14.3. The van der Waals surface area contributed by atoms with E-state index >= 15 is 0 Å². The van der Waals surface area contributed by atoms with Gasteiger partial charge in [-0.2, -0.15) is 0 Å². The highest BCUT2D eigenvalue weighted by Gasteiger charge is 2.22. The third-order valence-corrected chi connectivity index (χ3v) is 3.82. The summed E-state index contributed by atoms with van der Waals surface area (Å²) in [6.45, 7) is 8.10. The van der Waals surface area contributed by atoms with Gasteiger partial charge in [-0.1, -0.05) is 26.7 Å². The quantitative estimate of drug-likeness (QED) is 0.909. The molecule has 2 rings (SSSR count). The van der Waals surface area contributed by atoms with Gasteiger partial charge in [0.2, 0.25) is 0 Å². The number of aromatic nitrogens is 2. The predicted molar refractivity (Wildman–Crippen MR) is 79.5 cm³/mol. The van der Waals surface area contributed by atoms with E-state index in [0.29, 0.717) is 18.5 Å². The second-order valence-electron chi connectivity index (χ2n) is 5.81. The number of anilines is 1. The summed E-state index contributed by atoms with van der Waals surface area (Å²) >= 11 is 0. The summed E-state index contributed by atoms with van der Waals surface area (Å²) in [7, 11) is 0. The third kappa shape index (κ3) is 3.44. The van der Waals surface area contributed by atoms with Crippen molar-refractivity contribution in [2.24, 2.45) is 5.73 Å². The maximum Gasteiger partial charge on any atom is 0.133 e. The Balaban J connectivity index is 2.32. The van der Waals surface area contributed by atoms with Crippen LogP contribution in [-0.4, -0.2) is 29.1 Å². The number of hydrogen-bond donors (Lipinski definition) is 1. The summed E-state index contributed by atoms with van der Waals surface area (Å²) in [5.41, 5.74) is 7.00. The molecule has 4 heteroatoms. The molecule has 1 saturated heterocycles. The van der Waals surface area contributed by atoms with Gasteiger partial charge < -0.3 is 10.6 Å². The molecule has 1 unspecified atom stereocenters. The monoisotopic (exact) mass is 262 g/mol. The van der Waals surface area contributed by atoms with Crippen molar-refractivity contribution in [3.05, 3.63) is 17.6 Å². The van der Waals surface area contributed by atoms with E-state index in [2.05, 4.69) is 29.8 Å². The van der Waals surface area contributed by atoms with Crippen molar-refractivity contribution in [3.63, 3.8) is 0 Å². The number of aryl methyl sites for hydroxylation is 1. The number of rotatable bonds is 3. The molecule has 1 aliphatic heterocycles. The van der Waals surface area contributed by atoms with Crippen LogP contribution in [0.25, 0.3) is 0 Å². The van der Waals surface area contributed by atoms with Gasteiger partial charge in [0.25, 0.3) is 0 Å². The van der Waals surface area contributed by atoms with Gasteiger partial charge in [-0.15, -0.1) is 0 Å². The molecular formula is C15H26N4. The van der Waals surface area contributed by atoms with E-state index in [4.69, 9.17) is 10.7 Å². The summed E-state index contributed by atoms with van der Waals surface area (Å²) in [6.07, 6.45) is 4.99. The minimum absolute atomic E-state index is 0.363. The van der Waals surface area contributed by atoms with Crippen molar-refractivity contribution >= 4 is 5.82 Å². The molecule has 0 aromatic carbocycles. The largest absolute Gasteiger partial charge is 0.352 e. The van der Waals surface area contributed by atoms with Gasteiger partial charge in [0.05, 0.1) is 0 Å². The number of nitrogens with two attached hydrogens (primary N) is 1. The van der Waals surface area contributed by atoms with Crippen LogP contribution in [0.2, 0.25) is 0 Å². The standard InChI is InChI=1S/C15H26N4/c1-11(2)15-17-12(3)9-14(18-15)19-8-6-4-5-7-13(19)10-16/h9,11,13H,4-8,10,16H2,1-3H3. The van der Waals surface area contributed by atoms with E-state index in [-0.39, 0.29) is 0 Å². The minimum atomic E-state index is 0.363. The smallest absolute Gasteiger partial charge is 0.133 e. The van der Waals surface area contributed by atoms with Gasteiger partial charge in [0.1, 0.15) is 11.6 Å². The lowest BCUT2D eigenvalue weighted by Crippen LogP contribution is -2.41. The second kappa shape index (κ2) is 6.33. The Kier molecular flexibility index (Phi) is 4.75. The lowest BCUT2D eigenvalue weighted by atomic mass is 10.1. The lowest BCUT2D eigenvalue weighted by Gasteiger charge is -2.30. The Bertz CT molecular complexity index is 417. The summed E-state index contributed by atoms with van der Waals surface area (Å²) in [6, 6.07) is 2.52. The maximum absolute atomic E-state index is 5.95. The van der Waals surface area contributed by atoms with Gasteiger partial charge in [-0.25, -0.2) is 9.97 Å².